The van der Waals surface area contributed by atoms with Crippen molar-refractivity contribution in [1.29, 1.82) is 0 Å². The van der Waals surface area contributed by atoms with Gasteiger partial charge < -0.3 is 4.74 Å². The number of benzene rings is 1. The van der Waals surface area contributed by atoms with E-state index in [1.807, 2.05) is 25.1 Å². The lowest BCUT2D eigenvalue weighted by Gasteiger charge is -2.01. The van der Waals surface area contributed by atoms with Crippen LogP contribution in [-0.4, -0.2) is 12.6 Å². The lowest BCUT2D eigenvalue weighted by molar-refractivity contribution is 0.0531. The molecular formula is C12H10Br2O2S. The maximum absolute atomic E-state index is 11.9. The predicted molar refractivity (Wildman–Crippen MR) is 78.1 cm³/mol. The lowest BCUT2D eigenvalue weighted by Crippen LogP contribution is -2.04. The molecule has 0 saturated carbocycles. The van der Waals surface area contributed by atoms with Gasteiger partial charge in [-0.2, -0.15) is 0 Å². The number of halogens is 2. The number of rotatable bonds is 3. The summed E-state index contributed by atoms with van der Waals surface area (Å²) in [6.45, 7) is 2.21. The largest absolute Gasteiger partial charge is 0.462 e. The van der Waals surface area contributed by atoms with Gasteiger partial charge >= 0.3 is 5.97 Å². The highest BCUT2D eigenvalue weighted by atomic mass is 79.9. The zero-order valence-corrected chi connectivity index (χ0v) is 13.1. The highest BCUT2D eigenvalue weighted by Gasteiger charge is 2.19. The van der Waals surface area contributed by atoms with E-state index in [4.69, 9.17) is 4.74 Å². The maximum Gasteiger partial charge on any atom is 0.348 e. The van der Waals surface area contributed by atoms with E-state index >= 15 is 0 Å². The van der Waals surface area contributed by atoms with Crippen LogP contribution in [0.3, 0.4) is 0 Å². The zero-order valence-electron chi connectivity index (χ0n) is 9.13. The van der Waals surface area contributed by atoms with Gasteiger partial charge in [-0.1, -0.05) is 37.9 Å². The van der Waals surface area contributed by atoms with E-state index in [-0.39, 0.29) is 5.97 Å². The van der Waals surface area contributed by atoms with Crippen molar-refractivity contribution in [3.63, 3.8) is 0 Å². The van der Waals surface area contributed by atoms with E-state index < -0.39 is 0 Å². The number of fused-ring (bicyclic) bond motifs is 1. The van der Waals surface area contributed by atoms with Gasteiger partial charge in [0.15, 0.2) is 0 Å². The molecule has 0 N–H and O–H groups in total. The monoisotopic (exact) mass is 376 g/mol. The van der Waals surface area contributed by atoms with Crippen LogP contribution in [0, 0.1) is 0 Å². The van der Waals surface area contributed by atoms with Gasteiger partial charge in [-0.25, -0.2) is 4.79 Å². The fraction of sp³-hybridized carbons (Fsp3) is 0.250. The number of carbonyl (C=O) groups is 1. The normalized spacial score (nSPS) is 10.8. The third-order valence-electron chi connectivity index (χ3n) is 2.36. The first kappa shape index (κ1) is 13.1. The van der Waals surface area contributed by atoms with Gasteiger partial charge in [-0.3, -0.25) is 0 Å². The summed E-state index contributed by atoms with van der Waals surface area (Å²) in [5.74, 6) is -0.241. The summed E-state index contributed by atoms with van der Waals surface area (Å²) in [6.07, 6.45) is 0. The molecule has 2 aromatic rings. The molecule has 0 unspecified atom stereocenters. The van der Waals surface area contributed by atoms with Crippen molar-refractivity contribution in [2.24, 2.45) is 0 Å². The molecule has 0 aliphatic carbocycles. The van der Waals surface area contributed by atoms with Gasteiger partial charge in [0.2, 0.25) is 0 Å². The number of carbonyl (C=O) groups excluding carboxylic acids is 1. The average molecular weight is 378 g/mol. The number of esters is 1. The van der Waals surface area contributed by atoms with Crippen LogP contribution in [0.4, 0.5) is 0 Å². The molecule has 2 rings (SSSR count). The number of hydrogen-bond acceptors (Lipinski definition) is 3. The highest BCUT2D eigenvalue weighted by molar-refractivity contribution is 9.10. The first-order valence-corrected chi connectivity index (χ1v) is 7.85. The van der Waals surface area contributed by atoms with Crippen molar-refractivity contribution >= 4 is 59.3 Å². The summed E-state index contributed by atoms with van der Waals surface area (Å²) in [6, 6.07) is 5.96. The van der Waals surface area contributed by atoms with Crippen molar-refractivity contribution < 1.29 is 9.53 Å². The average Bonchev–Trinajstić information content (AvgIpc) is 2.69. The minimum Gasteiger partial charge on any atom is -0.462 e. The van der Waals surface area contributed by atoms with Crippen LogP contribution < -0.4 is 0 Å². The van der Waals surface area contributed by atoms with Crippen LogP contribution in [0.2, 0.25) is 0 Å². The summed E-state index contributed by atoms with van der Waals surface area (Å²) < 4.78 is 7.18. The maximum atomic E-state index is 11.9. The minimum atomic E-state index is -0.241. The topological polar surface area (TPSA) is 26.3 Å². The van der Waals surface area contributed by atoms with Crippen molar-refractivity contribution in [3.8, 4) is 0 Å². The zero-order chi connectivity index (χ0) is 12.4. The van der Waals surface area contributed by atoms with Gasteiger partial charge in [0.1, 0.15) is 4.88 Å². The Bertz CT molecular complexity index is 563. The molecule has 0 radical (unpaired) electrons. The third kappa shape index (κ3) is 2.41. The van der Waals surface area contributed by atoms with E-state index in [1.165, 1.54) is 11.3 Å². The molecule has 90 valence electrons. The summed E-state index contributed by atoms with van der Waals surface area (Å²) >= 11 is 8.44. The minimum absolute atomic E-state index is 0.241. The van der Waals surface area contributed by atoms with Crippen LogP contribution in [0.1, 0.15) is 22.2 Å². The Morgan fingerprint density at radius 2 is 2.24 bits per heavy atom. The number of hydrogen-bond donors (Lipinski definition) is 0. The Morgan fingerprint density at radius 1 is 1.47 bits per heavy atom. The standard InChI is InChI=1S/C12H10Br2O2S/c1-2-16-12(15)11-7(6-13)10-8(14)4-3-5-9(10)17-11/h3-5H,2,6H2,1H3. The molecule has 1 aromatic carbocycles. The summed E-state index contributed by atoms with van der Waals surface area (Å²) in [4.78, 5) is 12.5. The lowest BCUT2D eigenvalue weighted by atomic mass is 10.1. The van der Waals surface area contributed by atoms with Crippen LogP contribution in [0.5, 0.6) is 0 Å². The molecule has 0 aliphatic rings. The number of alkyl halides is 1. The van der Waals surface area contributed by atoms with Gasteiger partial charge in [-0.05, 0) is 24.6 Å². The van der Waals surface area contributed by atoms with Crippen molar-refractivity contribution in [2.75, 3.05) is 6.61 Å². The summed E-state index contributed by atoms with van der Waals surface area (Å²) in [5, 5.41) is 1.74. The second-order valence-corrected chi connectivity index (χ2v) is 5.84. The fourth-order valence-electron chi connectivity index (χ4n) is 1.66. The molecule has 1 aromatic heterocycles. The molecular weight excluding hydrogens is 368 g/mol. The first-order chi connectivity index (χ1) is 8.19. The van der Waals surface area contributed by atoms with Gasteiger partial charge in [0.05, 0.1) is 6.61 Å². The Kier molecular flexibility index (Phi) is 4.22. The fourth-order valence-corrected chi connectivity index (χ4v) is 4.28. The van der Waals surface area contributed by atoms with Crippen LogP contribution >= 0.6 is 43.2 Å². The van der Waals surface area contributed by atoms with Crippen LogP contribution in [-0.2, 0) is 10.1 Å². The van der Waals surface area contributed by atoms with E-state index in [0.717, 1.165) is 20.1 Å². The van der Waals surface area contributed by atoms with Crippen molar-refractivity contribution in [2.45, 2.75) is 12.3 Å². The second-order valence-electron chi connectivity index (χ2n) is 3.38. The second kappa shape index (κ2) is 5.50. The molecule has 0 aliphatic heterocycles. The Labute approximate surface area is 120 Å². The summed E-state index contributed by atoms with van der Waals surface area (Å²) in [5.41, 5.74) is 0.996. The Balaban J connectivity index is 2.64. The van der Waals surface area contributed by atoms with E-state index in [9.17, 15) is 4.79 Å². The van der Waals surface area contributed by atoms with E-state index in [0.29, 0.717) is 16.8 Å². The summed E-state index contributed by atoms with van der Waals surface area (Å²) in [7, 11) is 0. The van der Waals surface area contributed by atoms with E-state index in [2.05, 4.69) is 31.9 Å². The molecule has 2 nitrogen and oxygen atoms in total. The Morgan fingerprint density at radius 3 is 2.88 bits per heavy atom. The SMILES string of the molecule is CCOC(=O)c1sc2cccc(Br)c2c1CBr. The molecule has 0 spiro atoms. The molecule has 1 heterocycles. The molecule has 5 heteroatoms. The van der Waals surface area contributed by atoms with Crippen molar-refractivity contribution in [3.05, 3.63) is 33.1 Å². The van der Waals surface area contributed by atoms with Gasteiger partial charge in [-0.15, -0.1) is 11.3 Å². The molecule has 0 fully saturated rings. The van der Waals surface area contributed by atoms with Gasteiger partial charge in [0.25, 0.3) is 0 Å². The quantitative estimate of drug-likeness (QED) is 0.570. The third-order valence-corrected chi connectivity index (χ3v) is 4.76. The number of thiophene rings is 1. The van der Waals surface area contributed by atoms with Crippen molar-refractivity contribution in [1.82, 2.24) is 0 Å². The molecule has 0 saturated heterocycles. The number of ether oxygens (including phenoxy) is 1. The molecule has 0 atom stereocenters. The van der Waals surface area contributed by atoms with Crippen LogP contribution in [0.15, 0.2) is 22.7 Å². The van der Waals surface area contributed by atoms with E-state index in [1.54, 1.807) is 0 Å². The molecule has 0 amide bonds. The molecule has 17 heavy (non-hydrogen) atoms. The Hall–Kier alpha value is -0.390. The molecule has 0 bridgehead atoms. The van der Waals surface area contributed by atoms with Crippen LogP contribution in [0.25, 0.3) is 10.1 Å². The predicted octanol–water partition coefficient (Wildman–Crippen LogP) is 4.74. The first-order valence-electron chi connectivity index (χ1n) is 5.12. The van der Waals surface area contributed by atoms with Gasteiger partial charge in [0, 0.05) is 19.9 Å². The highest BCUT2D eigenvalue weighted by Crippen LogP contribution is 2.37. The smallest absolute Gasteiger partial charge is 0.348 e.